The predicted molar refractivity (Wildman–Crippen MR) is 48.6 cm³/mol. The van der Waals surface area contributed by atoms with Gasteiger partial charge in [-0.2, -0.15) is 0 Å². The number of fused-ring (bicyclic) bond motifs is 1. The molecule has 1 aromatic rings. The fourth-order valence-corrected chi connectivity index (χ4v) is 2.49. The average Bonchev–Trinajstić information content (AvgIpc) is 2.46. The average molecular weight is 233 g/mol. The van der Waals surface area contributed by atoms with Crippen molar-refractivity contribution in [3.05, 3.63) is 29.3 Å². The van der Waals surface area contributed by atoms with Crippen LogP contribution in [-0.4, -0.2) is 14.4 Å². The zero-order chi connectivity index (χ0) is 10.3. The number of carbonyl (C=O) groups excluding carboxylic acids is 1. The number of benzene rings is 1. The van der Waals surface area contributed by atoms with Gasteiger partial charge < -0.3 is 4.74 Å². The smallest absolute Gasteiger partial charge is 0.338 e. The van der Waals surface area contributed by atoms with Gasteiger partial charge in [-0.05, 0) is 12.1 Å². The zero-order valence-corrected chi connectivity index (χ0v) is 8.43. The summed E-state index contributed by atoms with van der Waals surface area (Å²) in [6, 6.07) is 4.32. The normalized spacial score (nSPS) is 15.1. The quantitative estimate of drug-likeness (QED) is 0.541. The van der Waals surface area contributed by atoms with E-state index in [1.54, 1.807) is 0 Å². The second-order valence-electron chi connectivity index (χ2n) is 2.80. The summed E-state index contributed by atoms with van der Waals surface area (Å²) < 4.78 is 26.9. The summed E-state index contributed by atoms with van der Waals surface area (Å²) in [6.07, 6.45) is 0. The van der Waals surface area contributed by atoms with Gasteiger partial charge in [0.25, 0.3) is 9.05 Å². The fraction of sp³-hybridized carbons (Fsp3) is 0.125. The topological polar surface area (TPSA) is 60.4 Å². The maximum atomic E-state index is 11.1. The Morgan fingerprint density at radius 2 is 2.07 bits per heavy atom. The monoisotopic (exact) mass is 232 g/mol. The van der Waals surface area contributed by atoms with Crippen LogP contribution in [0.1, 0.15) is 15.9 Å². The lowest BCUT2D eigenvalue weighted by atomic mass is 10.1. The van der Waals surface area contributed by atoms with Crippen LogP contribution in [0.2, 0.25) is 0 Å². The van der Waals surface area contributed by atoms with Crippen molar-refractivity contribution in [1.82, 2.24) is 0 Å². The first-order valence-electron chi connectivity index (χ1n) is 3.74. The summed E-state index contributed by atoms with van der Waals surface area (Å²) in [5, 5.41) is 0. The molecule has 0 saturated heterocycles. The molecule has 0 fully saturated rings. The summed E-state index contributed by atoms with van der Waals surface area (Å²) >= 11 is 0. The Labute approximate surface area is 84.9 Å². The van der Waals surface area contributed by atoms with Gasteiger partial charge >= 0.3 is 5.97 Å². The minimum Gasteiger partial charge on any atom is -0.457 e. The third-order valence-electron chi connectivity index (χ3n) is 1.96. The summed E-state index contributed by atoms with van der Waals surface area (Å²) in [6.45, 7) is -0.0315. The number of esters is 1. The molecule has 1 heterocycles. The largest absolute Gasteiger partial charge is 0.457 e. The van der Waals surface area contributed by atoms with Gasteiger partial charge in [0.15, 0.2) is 0 Å². The van der Waals surface area contributed by atoms with Gasteiger partial charge in [0.1, 0.15) is 6.61 Å². The Morgan fingerprint density at radius 3 is 2.71 bits per heavy atom. The van der Waals surface area contributed by atoms with Gasteiger partial charge in [0, 0.05) is 16.2 Å². The van der Waals surface area contributed by atoms with Crippen LogP contribution in [0.3, 0.4) is 0 Å². The molecule has 2 rings (SSSR count). The van der Waals surface area contributed by atoms with Crippen molar-refractivity contribution >= 4 is 25.7 Å². The van der Waals surface area contributed by atoms with Gasteiger partial charge in [-0.15, -0.1) is 0 Å². The Morgan fingerprint density at radius 1 is 1.36 bits per heavy atom. The van der Waals surface area contributed by atoms with Crippen LogP contribution >= 0.6 is 10.7 Å². The van der Waals surface area contributed by atoms with Crippen molar-refractivity contribution in [3.63, 3.8) is 0 Å². The van der Waals surface area contributed by atoms with E-state index in [1.807, 2.05) is 0 Å². The summed E-state index contributed by atoms with van der Waals surface area (Å²) in [5.74, 6) is -0.512. The molecule has 1 aliphatic heterocycles. The number of cyclic esters (lactones) is 1. The van der Waals surface area contributed by atoms with Crippen molar-refractivity contribution in [2.45, 2.75) is 11.5 Å². The number of halogens is 1. The van der Waals surface area contributed by atoms with Crippen molar-refractivity contribution in [2.24, 2.45) is 0 Å². The Kier molecular flexibility index (Phi) is 2.01. The molecule has 0 atom stereocenters. The lowest BCUT2D eigenvalue weighted by Crippen LogP contribution is -1.98. The molecule has 0 spiro atoms. The Hall–Kier alpha value is -1.07. The second-order valence-corrected chi connectivity index (χ2v) is 5.33. The van der Waals surface area contributed by atoms with Crippen LogP contribution in [0.15, 0.2) is 23.1 Å². The van der Waals surface area contributed by atoms with E-state index in [9.17, 15) is 13.2 Å². The first-order valence-corrected chi connectivity index (χ1v) is 6.05. The number of rotatable bonds is 1. The Balaban J connectivity index is 2.73. The number of hydrogen-bond donors (Lipinski definition) is 0. The van der Waals surface area contributed by atoms with Crippen molar-refractivity contribution in [3.8, 4) is 0 Å². The minimum atomic E-state index is -3.81. The van der Waals surface area contributed by atoms with Gasteiger partial charge in [-0.3, -0.25) is 0 Å². The molecule has 14 heavy (non-hydrogen) atoms. The maximum absolute atomic E-state index is 11.1. The van der Waals surface area contributed by atoms with E-state index in [0.717, 1.165) is 0 Å². The molecular weight excluding hydrogens is 228 g/mol. The van der Waals surface area contributed by atoms with Crippen molar-refractivity contribution in [2.75, 3.05) is 0 Å². The lowest BCUT2D eigenvalue weighted by molar-refractivity contribution is 0.0534. The van der Waals surface area contributed by atoms with Crippen LogP contribution < -0.4 is 0 Å². The highest BCUT2D eigenvalue weighted by molar-refractivity contribution is 8.13. The van der Waals surface area contributed by atoms with Gasteiger partial charge in [-0.1, -0.05) is 6.07 Å². The molecule has 0 saturated carbocycles. The lowest BCUT2D eigenvalue weighted by Gasteiger charge is -2.00. The highest BCUT2D eigenvalue weighted by atomic mass is 35.7. The van der Waals surface area contributed by atoms with Crippen LogP contribution in [-0.2, 0) is 20.4 Å². The van der Waals surface area contributed by atoms with E-state index in [4.69, 9.17) is 15.4 Å². The molecule has 0 N–H and O–H groups in total. The third-order valence-corrected chi connectivity index (χ3v) is 3.37. The summed E-state index contributed by atoms with van der Waals surface area (Å²) in [5.41, 5.74) is 0.610. The Bertz CT molecular complexity index is 506. The van der Waals surface area contributed by atoms with E-state index in [0.29, 0.717) is 5.56 Å². The van der Waals surface area contributed by atoms with Crippen LogP contribution in [0.25, 0.3) is 0 Å². The van der Waals surface area contributed by atoms with Crippen LogP contribution in [0.5, 0.6) is 0 Å². The summed E-state index contributed by atoms with van der Waals surface area (Å²) in [4.78, 5) is 11.0. The molecular formula is C8H5ClO4S. The zero-order valence-electron chi connectivity index (χ0n) is 6.86. The van der Waals surface area contributed by atoms with E-state index in [2.05, 4.69) is 0 Å². The van der Waals surface area contributed by atoms with E-state index in [-0.39, 0.29) is 17.1 Å². The van der Waals surface area contributed by atoms with Crippen molar-refractivity contribution < 1.29 is 17.9 Å². The van der Waals surface area contributed by atoms with Gasteiger partial charge in [-0.25, -0.2) is 13.2 Å². The first kappa shape index (κ1) is 9.48. The van der Waals surface area contributed by atoms with Gasteiger partial charge in [0.05, 0.1) is 10.5 Å². The molecule has 74 valence electrons. The van der Waals surface area contributed by atoms with Gasteiger partial charge in [0.2, 0.25) is 0 Å². The third kappa shape index (κ3) is 1.38. The predicted octanol–water partition coefficient (Wildman–Crippen LogP) is 1.28. The SMILES string of the molecule is O=C1OCc2c1cccc2S(=O)(=O)Cl. The fourth-order valence-electron chi connectivity index (χ4n) is 1.35. The molecule has 0 unspecified atom stereocenters. The number of hydrogen-bond acceptors (Lipinski definition) is 4. The second kappa shape index (κ2) is 2.96. The highest BCUT2D eigenvalue weighted by Gasteiger charge is 2.27. The minimum absolute atomic E-state index is 0.0315. The van der Waals surface area contributed by atoms with E-state index >= 15 is 0 Å². The molecule has 0 amide bonds. The molecule has 0 radical (unpaired) electrons. The van der Waals surface area contributed by atoms with E-state index in [1.165, 1.54) is 18.2 Å². The molecule has 6 heteroatoms. The van der Waals surface area contributed by atoms with Crippen LogP contribution in [0, 0.1) is 0 Å². The molecule has 0 aromatic heterocycles. The standard InChI is InChI=1S/C8H5ClO4S/c9-14(11,12)7-3-1-2-5-6(7)4-13-8(5)10/h1-3H,4H2. The first-order chi connectivity index (χ1) is 6.50. The number of carbonyl (C=O) groups is 1. The maximum Gasteiger partial charge on any atom is 0.338 e. The molecule has 1 aliphatic rings. The number of ether oxygens (including phenoxy) is 1. The highest BCUT2D eigenvalue weighted by Crippen LogP contribution is 2.28. The molecule has 0 bridgehead atoms. The molecule has 0 aliphatic carbocycles. The van der Waals surface area contributed by atoms with E-state index < -0.39 is 15.0 Å². The molecule has 4 nitrogen and oxygen atoms in total. The summed E-state index contributed by atoms with van der Waals surface area (Å²) in [7, 11) is 1.38. The molecule has 1 aromatic carbocycles. The van der Waals surface area contributed by atoms with Crippen LogP contribution in [0.4, 0.5) is 0 Å². The van der Waals surface area contributed by atoms with Crippen molar-refractivity contribution in [1.29, 1.82) is 0 Å².